The van der Waals surface area contributed by atoms with Crippen molar-refractivity contribution in [3.63, 3.8) is 0 Å². The molecular formula is C11H25N3. The smallest absolute Gasteiger partial charge is 0.0516 e. The van der Waals surface area contributed by atoms with Gasteiger partial charge in [-0.05, 0) is 34.7 Å². The molecule has 0 aliphatic heterocycles. The van der Waals surface area contributed by atoms with Gasteiger partial charge in [-0.15, -0.1) is 0 Å². The number of nitrogens with one attached hydrogen (secondary N) is 1. The quantitative estimate of drug-likeness (QED) is 0.680. The zero-order chi connectivity index (χ0) is 11.4. The van der Waals surface area contributed by atoms with Crippen molar-refractivity contribution in [2.24, 2.45) is 0 Å². The summed E-state index contributed by atoms with van der Waals surface area (Å²) in [6.07, 6.45) is 2.17. The second kappa shape index (κ2) is 5.37. The van der Waals surface area contributed by atoms with Crippen LogP contribution in [-0.2, 0) is 0 Å². The van der Waals surface area contributed by atoms with Gasteiger partial charge in [-0.2, -0.15) is 0 Å². The number of hydrazine groups is 1. The molecule has 1 N–H and O–H groups in total. The van der Waals surface area contributed by atoms with Crippen LogP contribution in [0.1, 0.15) is 27.7 Å². The van der Waals surface area contributed by atoms with Gasteiger partial charge in [0.25, 0.3) is 0 Å². The SMILES string of the molecule is CNC(C)(C)CN(C=C(C)C)N(C)C. The van der Waals surface area contributed by atoms with Crippen molar-refractivity contribution in [3.05, 3.63) is 11.8 Å². The molecule has 0 aromatic carbocycles. The van der Waals surface area contributed by atoms with Crippen molar-refractivity contribution in [2.45, 2.75) is 33.2 Å². The number of rotatable bonds is 5. The van der Waals surface area contributed by atoms with Gasteiger partial charge in [0.05, 0.1) is 6.54 Å². The molecule has 3 heteroatoms. The highest BCUT2D eigenvalue weighted by molar-refractivity contribution is 4.94. The minimum absolute atomic E-state index is 0.121. The van der Waals surface area contributed by atoms with Crippen molar-refractivity contribution in [2.75, 3.05) is 27.7 Å². The van der Waals surface area contributed by atoms with Crippen molar-refractivity contribution in [1.29, 1.82) is 0 Å². The van der Waals surface area contributed by atoms with Gasteiger partial charge in [-0.1, -0.05) is 5.57 Å². The Labute approximate surface area is 88.7 Å². The van der Waals surface area contributed by atoms with Crippen LogP contribution in [0.15, 0.2) is 11.8 Å². The second-order valence-electron chi connectivity index (χ2n) is 4.79. The fraction of sp³-hybridized carbons (Fsp3) is 0.818. The van der Waals surface area contributed by atoms with Crippen LogP contribution in [0.5, 0.6) is 0 Å². The summed E-state index contributed by atoms with van der Waals surface area (Å²) in [5.41, 5.74) is 1.43. The fourth-order valence-corrected chi connectivity index (χ4v) is 1.08. The van der Waals surface area contributed by atoms with E-state index in [4.69, 9.17) is 0 Å². The van der Waals surface area contributed by atoms with E-state index in [0.717, 1.165) is 6.54 Å². The summed E-state index contributed by atoms with van der Waals surface area (Å²) >= 11 is 0. The number of likely N-dealkylation sites (N-methyl/N-ethyl adjacent to an activating group) is 1. The minimum atomic E-state index is 0.121. The van der Waals surface area contributed by atoms with Gasteiger partial charge in [0.15, 0.2) is 0 Å². The normalized spacial score (nSPS) is 11.7. The molecule has 0 spiro atoms. The first-order chi connectivity index (χ1) is 6.28. The molecule has 84 valence electrons. The first-order valence-electron chi connectivity index (χ1n) is 5.06. The van der Waals surface area contributed by atoms with E-state index in [1.165, 1.54) is 5.57 Å². The first kappa shape index (κ1) is 13.5. The molecule has 0 rings (SSSR count). The summed E-state index contributed by atoms with van der Waals surface area (Å²) in [6, 6.07) is 0. The molecule has 0 saturated heterocycles. The summed E-state index contributed by atoms with van der Waals surface area (Å²) in [5.74, 6) is 0. The van der Waals surface area contributed by atoms with E-state index < -0.39 is 0 Å². The summed E-state index contributed by atoms with van der Waals surface area (Å²) in [4.78, 5) is 0. The summed E-state index contributed by atoms with van der Waals surface area (Å²) in [7, 11) is 6.12. The van der Waals surface area contributed by atoms with Gasteiger partial charge >= 0.3 is 0 Å². The highest BCUT2D eigenvalue weighted by Gasteiger charge is 2.18. The Balaban J connectivity index is 4.46. The third kappa shape index (κ3) is 5.25. The van der Waals surface area contributed by atoms with Crippen LogP contribution in [0.2, 0.25) is 0 Å². The third-order valence-corrected chi connectivity index (χ3v) is 2.16. The first-order valence-corrected chi connectivity index (χ1v) is 5.06. The molecule has 0 unspecified atom stereocenters. The Morgan fingerprint density at radius 3 is 2.07 bits per heavy atom. The van der Waals surface area contributed by atoms with E-state index in [0.29, 0.717) is 0 Å². The highest BCUT2D eigenvalue weighted by atomic mass is 15.6. The lowest BCUT2D eigenvalue weighted by Gasteiger charge is -2.35. The summed E-state index contributed by atoms with van der Waals surface area (Å²) in [6.45, 7) is 9.58. The van der Waals surface area contributed by atoms with Crippen molar-refractivity contribution >= 4 is 0 Å². The van der Waals surface area contributed by atoms with Crippen molar-refractivity contribution in [3.8, 4) is 0 Å². The fourth-order valence-electron chi connectivity index (χ4n) is 1.08. The zero-order valence-corrected chi connectivity index (χ0v) is 10.7. The summed E-state index contributed by atoms with van der Waals surface area (Å²) in [5, 5.41) is 7.62. The lowest BCUT2D eigenvalue weighted by atomic mass is 10.1. The van der Waals surface area contributed by atoms with Crippen LogP contribution >= 0.6 is 0 Å². The second-order valence-corrected chi connectivity index (χ2v) is 4.79. The molecule has 0 aromatic heterocycles. The Morgan fingerprint density at radius 1 is 1.29 bits per heavy atom. The zero-order valence-electron chi connectivity index (χ0n) is 10.7. The minimum Gasteiger partial charge on any atom is -0.313 e. The lowest BCUT2D eigenvalue weighted by Crippen LogP contribution is -2.49. The maximum Gasteiger partial charge on any atom is 0.0516 e. The predicted molar refractivity (Wildman–Crippen MR) is 63.0 cm³/mol. The van der Waals surface area contributed by atoms with Crippen LogP contribution in [-0.4, -0.2) is 43.2 Å². The standard InChI is InChI=1S/C11H25N3/c1-10(2)8-14(13(6)7)9-11(3,4)12-5/h8,12H,9H2,1-7H3. The Hall–Kier alpha value is -0.540. The van der Waals surface area contributed by atoms with Crippen LogP contribution < -0.4 is 5.32 Å². The molecule has 0 aliphatic carbocycles. The molecule has 0 amide bonds. The van der Waals surface area contributed by atoms with Gasteiger partial charge in [-0.25, -0.2) is 5.01 Å². The van der Waals surface area contributed by atoms with Crippen LogP contribution in [0.3, 0.4) is 0 Å². The molecule has 14 heavy (non-hydrogen) atoms. The lowest BCUT2D eigenvalue weighted by molar-refractivity contribution is 0.0555. The monoisotopic (exact) mass is 199 g/mol. The van der Waals surface area contributed by atoms with Crippen molar-refractivity contribution in [1.82, 2.24) is 15.3 Å². The molecule has 0 atom stereocenters. The van der Waals surface area contributed by atoms with E-state index >= 15 is 0 Å². The number of hydrogen-bond acceptors (Lipinski definition) is 3. The topological polar surface area (TPSA) is 18.5 Å². The molecule has 0 heterocycles. The van der Waals surface area contributed by atoms with E-state index in [1.807, 2.05) is 7.05 Å². The van der Waals surface area contributed by atoms with E-state index in [1.54, 1.807) is 0 Å². The maximum atomic E-state index is 3.30. The van der Waals surface area contributed by atoms with Crippen LogP contribution in [0.4, 0.5) is 0 Å². The third-order valence-electron chi connectivity index (χ3n) is 2.16. The van der Waals surface area contributed by atoms with Crippen molar-refractivity contribution < 1.29 is 0 Å². The average molecular weight is 199 g/mol. The number of hydrogen-bond donors (Lipinski definition) is 1. The van der Waals surface area contributed by atoms with Gasteiger partial charge in [-0.3, -0.25) is 0 Å². The largest absolute Gasteiger partial charge is 0.313 e. The Kier molecular flexibility index (Phi) is 5.16. The molecule has 0 fully saturated rings. The Morgan fingerprint density at radius 2 is 1.79 bits per heavy atom. The molecule has 0 saturated carbocycles. The molecular weight excluding hydrogens is 174 g/mol. The van der Waals surface area contributed by atoms with E-state index in [-0.39, 0.29) is 5.54 Å². The van der Waals surface area contributed by atoms with Gasteiger partial charge < -0.3 is 10.3 Å². The van der Waals surface area contributed by atoms with Gasteiger partial charge in [0.2, 0.25) is 0 Å². The van der Waals surface area contributed by atoms with Gasteiger partial charge in [0, 0.05) is 25.8 Å². The number of nitrogens with zero attached hydrogens (tertiary/aromatic N) is 2. The van der Waals surface area contributed by atoms with E-state index in [9.17, 15) is 0 Å². The van der Waals surface area contributed by atoms with Gasteiger partial charge in [0.1, 0.15) is 0 Å². The van der Waals surface area contributed by atoms with E-state index in [2.05, 4.69) is 63.3 Å². The van der Waals surface area contributed by atoms with Crippen LogP contribution in [0, 0.1) is 0 Å². The Bertz CT molecular complexity index is 191. The number of allylic oxidation sites excluding steroid dienone is 1. The molecule has 3 nitrogen and oxygen atoms in total. The average Bonchev–Trinajstić information content (AvgIpc) is 2.02. The molecule has 0 bridgehead atoms. The molecule has 0 aliphatic rings. The van der Waals surface area contributed by atoms with Crippen LogP contribution in [0.25, 0.3) is 0 Å². The predicted octanol–water partition coefficient (Wildman–Crippen LogP) is 1.69. The summed E-state index contributed by atoms with van der Waals surface area (Å²) < 4.78 is 0. The molecule has 0 aromatic rings. The highest BCUT2D eigenvalue weighted by Crippen LogP contribution is 2.08. The molecule has 0 radical (unpaired) electrons. The maximum absolute atomic E-state index is 3.30.